The van der Waals surface area contributed by atoms with Crippen molar-refractivity contribution in [3.05, 3.63) is 29.6 Å². The fourth-order valence-electron chi connectivity index (χ4n) is 1.67. The van der Waals surface area contributed by atoms with Crippen LogP contribution in [0.5, 0.6) is 0 Å². The Kier molecular flexibility index (Phi) is 2.75. The molecule has 4 heteroatoms. The second-order valence-electron chi connectivity index (χ2n) is 3.93. The van der Waals surface area contributed by atoms with E-state index < -0.39 is 0 Å². The normalized spacial score (nSPS) is 12.9. The summed E-state index contributed by atoms with van der Waals surface area (Å²) in [7, 11) is 1.78. The monoisotopic (exact) mass is 217 g/mol. The molecule has 1 unspecified atom stereocenters. The molecule has 2 aromatic rings. The first-order chi connectivity index (χ1) is 7.61. The van der Waals surface area contributed by atoms with Crippen LogP contribution in [0.25, 0.3) is 11.0 Å². The van der Waals surface area contributed by atoms with Crippen molar-refractivity contribution in [3.63, 3.8) is 0 Å². The standard InChI is InChI=1S/C12H15N3O/c1-7(13-3)12(16)9-4-5-10-11(6-9)15-8(2)14-10/h4-7,13H,1-3H3,(H,14,15). The van der Waals surface area contributed by atoms with Crippen LogP contribution in [0.3, 0.4) is 0 Å². The molecule has 2 rings (SSSR count). The minimum Gasteiger partial charge on any atom is -0.342 e. The average molecular weight is 217 g/mol. The number of aromatic amines is 1. The van der Waals surface area contributed by atoms with E-state index in [0.717, 1.165) is 16.9 Å². The Morgan fingerprint density at radius 3 is 2.94 bits per heavy atom. The molecule has 0 radical (unpaired) electrons. The Morgan fingerprint density at radius 1 is 1.50 bits per heavy atom. The number of hydrogen-bond donors (Lipinski definition) is 2. The maximum atomic E-state index is 11.9. The summed E-state index contributed by atoms with van der Waals surface area (Å²) < 4.78 is 0. The Hall–Kier alpha value is -1.68. The lowest BCUT2D eigenvalue weighted by atomic mass is 10.1. The highest BCUT2D eigenvalue weighted by atomic mass is 16.1. The van der Waals surface area contributed by atoms with Crippen LogP contribution in [-0.4, -0.2) is 28.8 Å². The molecule has 0 bridgehead atoms. The number of fused-ring (bicyclic) bond motifs is 1. The number of aromatic nitrogens is 2. The number of likely N-dealkylation sites (N-methyl/N-ethyl adjacent to an activating group) is 1. The number of nitrogens with one attached hydrogen (secondary N) is 2. The summed E-state index contributed by atoms with van der Waals surface area (Å²) in [5, 5.41) is 2.94. The molecule has 0 amide bonds. The number of carbonyl (C=O) groups is 1. The third kappa shape index (κ3) is 1.84. The lowest BCUT2D eigenvalue weighted by Crippen LogP contribution is -2.30. The van der Waals surface area contributed by atoms with Crippen molar-refractivity contribution >= 4 is 16.8 Å². The van der Waals surface area contributed by atoms with Gasteiger partial charge < -0.3 is 10.3 Å². The number of rotatable bonds is 3. The molecule has 0 saturated carbocycles. The van der Waals surface area contributed by atoms with Gasteiger partial charge in [-0.05, 0) is 39.1 Å². The smallest absolute Gasteiger partial charge is 0.179 e. The van der Waals surface area contributed by atoms with E-state index in [4.69, 9.17) is 0 Å². The average Bonchev–Trinajstić information content (AvgIpc) is 2.65. The molecule has 4 nitrogen and oxygen atoms in total. The fourth-order valence-corrected chi connectivity index (χ4v) is 1.67. The van der Waals surface area contributed by atoms with Gasteiger partial charge in [0.1, 0.15) is 5.82 Å². The van der Waals surface area contributed by atoms with Crippen molar-refractivity contribution in [3.8, 4) is 0 Å². The van der Waals surface area contributed by atoms with Gasteiger partial charge in [-0.1, -0.05) is 0 Å². The van der Waals surface area contributed by atoms with E-state index in [2.05, 4.69) is 15.3 Å². The van der Waals surface area contributed by atoms with Crippen LogP contribution in [-0.2, 0) is 0 Å². The van der Waals surface area contributed by atoms with Crippen LogP contribution >= 0.6 is 0 Å². The first-order valence-corrected chi connectivity index (χ1v) is 5.29. The molecule has 0 aliphatic rings. The van der Waals surface area contributed by atoms with Crippen molar-refractivity contribution in [1.29, 1.82) is 0 Å². The summed E-state index contributed by atoms with van der Waals surface area (Å²) in [4.78, 5) is 19.4. The van der Waals surface area contributed by atoms with Gasteiger partial charge in [0.25, 0.3) is 0 Å². The van der Waals surface area contributed by atoms with Crippen LogP contribution in [0.4, 0.5) is 0 Å². The summed E-state index contributed by atoms with van der Waals surface area (Å²) in [6, 6.07) is 5.38. The van der Waals surface area contributed by atoms with Crippen molar-refractivity contribution in [2.75, 3.05) is 7.05 Å². The molecule has 1 atom stereocenters. The van der Waals surface area contributed by atoms with E-state index in [9.17, 15) is 4.79 Å². The minimum atomic E-state index is -0.165. The van der Waals surface area contributed by atoms with Crippen LogP contribution in [0.15, 0.2) is 18.2 Å². The quantitative estimate of drug-likeness (QED) is 0.769. The molecule has 1 aromatic carbocycles. The highest BCUT2D eigenvalue weighted by molar-refractivity contribution is 6.02. The van der Waals surface area contributed by atoms with Gasteiger partial charge in [-0.3, -0.25) is 4.79 Å². The number of imidazole rings is 1. The number of benzene rings is 1. The number of H-pyrrole nitrogens is 1. The predicted molar refractivity (Wildman–Crippen MR) is 63.7 cm³/mol. The summed E-state index contributed by atoms with van der Waals surface area (Å²) >= 11 is 0. The SMILES string of the molecule is CNC(C)C(=O)c1ccc2nc(C)[nH]c2c1. The van der Waals surface area contributed by atoms with Gasteiger partial charge in [-0.15, -0.1) is 0 Å². The summed E-state index contributed by atoms with van der Waals surface area (Å²) in [5.74, 6) is 0.956. The van der Waals surface area contributed by atoms with E-state index in [1.54, 1.807) is 7.05 Å². The summed E-state index contributed by atoms with van der Waals surface area (Å²) in [6.07, 6.45) is 0. The van der Waals surface area contributed by atoms with Gasteiger partial charge in [0.05, 0.1) is 17.1 Å². The van der Waals surface area contributed by atoms with Crippen molar-refractivity contribution in [2.45, 2.75) is 19.9 Å². The van der Waals surface area contributed by atoms with Crippen LogP contribution in [0, 0.1) is 6.92 Å². The largest absolute Gasteiger partial charge is 0.342 e. The summed E-state index contributed by atoms with van der Waals surface area (Å²) in [5.41, 5.74) is 2.51. The molecule has 0 saturated heterocycles. The van der Waals surface area contributed by atoms with Gasteiger partial charge in [-0.25, -0.2) is 4.98 Å². The zero-order valence-corrected chi connectivity index (χ0v) is 9.66. The Bertz CT molecular complexity index is 530. The van der Waals surface area contributed by atoms with E-state index in [-0.39, 0.29) is 11.8 Å². The van der Waals surface area contributed by atoms with Gasteiger partial charge in [0.15, 0.2) is 5.78 Å². The third-order valence-corrected chi connectivity index (χ3v) is 2.71. The fraction of sp³-hybridized carbons (Fsp3) is 0.333. The second kappa shape index (κ2) is 4.06. The minimum absolute atomic E-state index is 0.0941. The zero-order chi connectivity index (χ0) is 11.7. The van der Waals surface area contributed by atoms with Crippen LogP contribution in [0.2, 0.25) is 0 Å². The molecule has 2 N–H and O–H groups in total. The van der Waals surface area contributed by atoms with Crippen molar-refractivity contribution in [2.24, 2.45) is 0 Å². The van der Waals surface area contributed by atoms with E-state index in [1.807, 2.05) is 32.0 Å². The molecule has 1 heterocycles. The third-order valence-electron chi connectivity index (χ3n) is 2.71. The van der Waals surface area contributed by atoms with E-state index in [0.29, 0.717) is 5.56 Å². The zero-order valence-electron chi connectivity index (χ0n) is 9.66. The van der Waals surface area contributed by atoms with Crippen molar-refractivity contribution < 1.29 is 4.79 Å². The highest BCUT2D eigenvalue weighted by Crippen LogP contribution is 2.14. The van der Waals surface area contributed by atoms with Crippen LogP contribution in [0.1, 0.15) is 23.1 Å². The highest BCUT2D eigenvalue weighted by Gasteiger charge is 2.13. The number of aryl methyl sites for hydroxylation is 1. The molecular formula is C12H15N3O. The predicted octanol–water partition coefficient (Wildman–Crippen LogP) is 1.66. The Labute approximate surface area is 94.1 Å². The van der Waals surface area contributed by atoms with Crippen molar-refractivity contribution in [1.82, 2.24) is 15.3 Å². The Balaban J connectivity index is 2.42. The second-order valence-corrected chi connectivity index (χ2v) is 3.93. The number of Topliss-reactive ketones (excluding diaryl/α,β-unsaturated/α-hetero) is 1. The van der Waals surface area contributed by atoms with Crippen LogP contribution < -0.4 is 5.32 Å². The molecule has 0 aliphatic carbocycles. The topological polar surface area (TPSA) is 57.8 Å². The number of hydrogen-bond acceptors (Lipinski definition) is 3. The lowest BCUT2D eigenvalue weighted by molar-refractivity contribution is 0.0955. The van der Waals surface area contributed by atoms with E-state index >= 15 is 0 Å². The maximum absolute atomic E-state index is 11.9. The lowest BCUT2D eigenvalue weighted by Gasteiger charge is -2.08. The van der Waals surface area contributed by atoms with Gasteiger partial charge >= 0.3 is 0 Å². The first-order valence-electron chi connectivity index (χ1n) is 5.29. The first kappa shape index (κ1) is 10.8. The molecule has 84 valence electrons. The van der Waals surface area contributed by atoms with Gasteiger partial charge in [0.2, 0.25) is 0 Å². The molecule has 0 spiro atoms. The Morgan fingerprint density at radius 2 is 2.25 bits per heavy atom. The molecule has 1 aromatic heterocycles. The molecule has 0 fully saturated rings. The number of nitrogens with zero attached hydrogens (tertiary/aromatic N) is 1. The molecule has 0 aliphatic heterocycles. The van der Waals surface area contributed by atoms with Gasteiger partial charge in [-0.2, -0.15) is 0 Å². The maximum Gasteiger partial charge on any atom is 0.179 e. The molecular weight excluding hydrogens is 202 g/mol. The van der Waals surface area contributed by atoms with Gasteiger partial charge in [0, 0.05) is 5.56 Å². The summed E-state index contributed by atoms with van der Waals surface area (Å²) in [6.45, 7) is 3.75. The number of carbonyl (C=O) groups excluding carboxylic acids is 1. The van der Waals surface area contributed by atoms with E-state index in [1.165, 1.54) is 0 Å². The molecule has 16 heavy (non-hydrogen) atoms. The number of ketones is 1.